The molecule has 1 aliphatic heterocycles. The Morgan fingerprint density at radius 2 is 1.97 bits per heavy atom. The number of aliphatic imine (C=N–C) groups is 1. The van der Waals surface area contributed by atoms with Crippen LogP contribution in [0.2, 0.25) is 0 Å². The Balaban J connectivity index is 2.12. The van der Waals surface area contributed by atoms with E-state index in [1.165, 1.54) is 11.2 Å². The second kappa shape index (κ2) is 14.6. The zero-order valence-corrected chi connectivity index (χ0v) is 21.0. The molecule has 0 radical (unpaired) electrons. The Bertz CT molecular complexity index is 884. The van der Waals surface area contributed by atoms with Gasteiger partial charge in [-0.05, 0) is 51.1 Å². The summed E-state index contributed by atoms with van der Waals surface area (Å²) in [6.07, 6.45) is 2.55. The zero-order valence-electron chi connectivity index (χ0n) is 21.0. The van der Waals surface area contributed by atoms with Crippen LogP contribution in [0.5, 0.6) is 0 Å². The number of alkyl halides is 2. The highest BCUT2D eigenvalue weighted by atomic mass is 19.3. The van der Waals surface area contributed by atoms with Crippen molar-refractivity contribution in [3.8, 4) is 0 Å². The fourth-order valence-corrected chi connectivity index (χ4v) is 4.40. The molecule has 0 bridgehead atoms. The van der Waals surface area contributed by atoms with Gasteiger partial charge in [0.25, 0.3) is 0 Å². The third-order valence-corrected chi connectivity index (χ3v) is 6.27. The lowest BCUT2D eigenvalue weighted by atomic mass is 9.98. The molecule has 0 aromatic heterocycles. The van der Waals surface area contributed by atoms with Gasteiger partial charge in [-0.25, -0.2) is 5.84 Å². The van der Waals surface area contributed by atoms with Crippen LogP contribution in [0, 0.1) is 0 Å². The molecule has 36 heavy (non-hydrogen) atoms. The maximum atomic E-state index is 14.5. The van der Waals surface area contributed by atoms with Crippen LogP contribution in [-0.2, 0) is 20.8 Å². The van der Waals surface area contributed by atoms with Gasteiger partial charge in [-0.15, -0.1) is 0 Å². The lowest BCUT2D eigenvalue weighted by Crippen LogP contribution is -2.56. The van der Waals surface area contributed by atoms with Gasteiger partial charge in [0.15, 0.2) is 0 Å². The van der Waals surface area contributed by atoms with Crippen LogP contribution in [0.15, 0.2) is 35.3 Å². The average molecular weight is 509 g/mol. The minimum atomic E-state index is -3.55. The molecule has 5 N–H and O–H groups in total. The highest BCUT2D eigenvalue weighted by Crippen LogP contribution is 2.25. The molecular weight excluding hydrogens is 470 g/mol. The van der Waals surface area contributed by atoms with Crippen molar-refractivity contribution >= 4 is 23.9 Å². The Morgan fingerprint density at radius 1 is 1.25 bits per heavy atom. The van der Waals surface area contributed by atoms with Crippen molar-refractivity contribution in [3.05, 3.63) is 35.9 Å². The van der Waals surface area contributed by atoms with Gasteiger partial charge in [0.05, 0.1) is 18.4 Å². The van der Waals surface area contributed by atoms with Crippen LogP contribution < -0.4 is 21.9 Å². The maximum Gasteiger partial charge on any atom is 0.307 e. The van der Waals surface area contributed by atoms with Crippen LogP contribution >= 0.6 is 0 Å². The highest BCUT2D eigenvalue weighted by molar-refractivity contribution is 5.96. The number of benzene rings is 1. The van der Waals surface area contributed by atoms with Crippen molar-refractivity contribution in [2.75, 3.05) is 20.1 Å². The molecule has 3 atom stereocenters. The summed E-state index contributed by atoms with van der Waals surface area (Å²) in [5.41, 5.74) is 3.22. The molecule has 0 saturated carbocycles. The number of nitrogens with two attached hydrogens (primary N) is 1. The van der Waals surface area contributed by atoms with Crippen molar-refractivity contribution in [1.29, 1.82) is 0 Å². The van der Waals surface area contributed by atoms with Crippen LogP contribution in [0.25, 0.3) is 0 Å². The fourth-order valence-electron chi connectivity index (χ4n) is 4.40. The first-order chi connectivity index (χ1) is 17.2. The molecule has 0 spiro atoms. The van der Waals surface area contributed by atoms with Gasteiger partial charge in [-0.3, -0.25) is 19.4 Å². The number of hydrogen-bond donors (Lipinski definition) is 4. The highest BCUT2D eigenvalue weighted by Gasteiger charge is 2.44. The predicted octanol–water partition coefficient (Wildman–Crippen LogP) is 1.57. The molecule has 200 valence electrons. The SMILES string of the molecule is CCCC(F)(F)C(=O)C(CCCN=CNN)NC(=O)[C@@H]1CCCN1C(=O)C(Cc1ccccc1)NC. The van der Waals surface area contributed by atoms with E-state index in [9.17, 15) is 23.2 Å². The van der Waals surface area contributed by atoms with Gasteiger partial charge in [-0.2, -0.15) is 8.78 Å². The lowest BCUT2D eigenvalue weighted by molar-refractivity contribution is -0.149. The number of carbonyl (C=O) groups is 3. The number of Topliss-reactive ketones (excluding diaryl/α,β-unsaturated/α-hetero) is 1. The minimum absolute atomic E-state index is 0.000394. The Morgan fingerprint density at radius 3 is 2.61 bits per heavy atom. The molecule has 9 nitrogen and oxygen atoms in total. The number of amides is 2. The smallest absolute Gasteiger partial charge is 0.307 e. The van der Waals surface area contributed by atoms with Crippen molar-refractivity contribution in [2.24, 2.45) is 10.8 Å². The largest absolute Gasteiger partial charge is 0.344 e. The molecule has 2 amide bonds. The average Bonchev–Trinajstić information content (AvgIpc) is 3.36. The number of rotatable bonds is 15. The standard InChI is InChI=1S/C25H38F2N6O3/c1-3-13-25(26,27)22(34)19(11-7-14-30-17-31-28)32-23(35)21-12-8-15-33(21)24(36)20(29-2)16-18-9-5-4-6-10-18/h4-6,9-10,17,19-21,29H,3,7-8,11-16,28H2,1-2H3,(H,30,31)(H,32,35)/t19?,20?,21-/m0/s1. The first-order valence-electron chi connectivity index (χ1n) is 12.4. The third kappa shape index (κ3) is 8.34. The summed E-state index contributed by atoms with van der Waals surface area (Å²) in [6.45, 7) is 2.20. The molecule has 1 saturated heterocycles. The van der Waals surface area contributed by atoms with Crippen molar-refractivity contribution in [1.82, 2.24) is 21.0 Å². The minimum Gasteiger partial charge on any atom is -0.344 e. The second-order valence-corrected chi connectivity index (χ2v) is 8.94. The summed E-state index contributed by atoms with van der Waals surface area (Å²) in [6, 6.07) is 6.79. The van der Waals surface area contributed by atoms with Gasteiger partial charge in [0.1, 0.15) is 6.04 Å². The van der Waals surface area contributed by atoms with Crippen LogP contribution in [0.4, 0.5) is 8.78 Å². The molecule has 1 aliphatic rings. The van der Waals surface area contributed by atoms with Crippen LogP contribution in [-0.4, -0.2) is 73.0 Å². The normalized spacial score (nSPS) is 17.7. The van der Waals surface area contributed by atoms with Crippen molar-refractivity contribution in [3.63, 3.8) is 0 Å². The maximum absolute atomic E-state index is 14.5. The van der Waals surface area contributed by atoms with Gasteiger partial charge in [0.2, 0.25) is 17.6 Å². The Labute approximate surface area is 211 Å². The summed E-state index contributed by atoms with van der Waals surface area (Å²) in [5, 5.41) is 5.55. The molecule has 11 heteroatoms. The Kier molecular flexibility index (Phi) is 11.9. The fraction of sp³-hybridized carbons (Fsp3) is 0.600. The molecule has 1 fully saturated rings. The number of hydrogen-bond acceptors (Lipinski definition) is 6. The Hall–Kier alpha value is -2.92. The molecule has 1 heterocycles. The summed E-state index contributed by atoms with van der Waals surface area (Å²) in [4.78, 5) is 44.6. The third-order valence-electron chi connectivity index (χ3n) is 6.27. The van der Waals surface area contributed by atoms with E-state index in [0.29, 0.717) is 32.2 Å². The first-order valence-corrected chi connectivity index (χ1v) is 12.4. The van der Waals surface area contributed by atoms with E-state index in [-0.39, 0.29) is 25.3 Å². The number of ketones is 1. The first kappa shape index (κ1) is 29.3. The molecule has 0 aliphatic carbocycles. The summed E-state index contributed by atoms with van der Waals surface area (Å²) in [7, 11) is 1.68. The van der Waals surface area contributed by atoms with Crippen LogP contribution in [0.1, 0.15) is 51.0 Å². The number of likely N-dealkylation sites (N-methyl/N-ethyl adjacent to an activating group) is 1. The summed E-state index contributed by atoms with van der Waals surface area (Å²) >= 11 is 0. The number of nitrogens with zero attached hydrogens (tertiary/aromatic N) is 2. The van der Waals surface area contributed by atoms with Gasteiger partial charge < -0.3 is 21.0 Å². The zero-order chi connectivity index (χ0) is 26.6. The van der Waals surface area contributed by atoms with Crippen molar-refractivity contribution < 1.29 is 23.2 Å². The second-order valence-electron chi connectivity index (χ2n) is 8.94. The lowest BCUT2D eigenvalue weighted by Gasteiger charge is -2.30. The predicted molar refractivity (Wildman–Crippen MR) is 134 cm³/mol. The van der Waals surface area contributed by atoms with Gasteiger partial charge >= 0.3 is 5.92 Å². The molecule has 1 aromatic rings. The van der Waals surface area contributed by atoms with E-state index in [2.05, 4.69) is 21.1 Å². The van der Waals surface area contributed by atoms with Crippen LogP contribution in [0.3, 0.4) is 0 Å². The number of nitrogens with one attached hydrogen (secondary N) is 3. The molecule has 2 unspecified atom stereocenters. The molecular formula is C25H38F2N6O3. The van der Waals surface area contributed by atoms with E-state index in [4.69, 9.17) is 5.84 Å². The number of likely N-dealkylation sites (tertiary alicyclic amines) is 1. The molecule has 1 aromatic carbocycles. The molecule has 2 rings (SSSR count). The quantitative estimate of drug-likeness (QED) is 0.0936. The van der Waals surface area contributed by atoms with E-state index in [0.717, 1.165) is 5.56 Å². The van der Waals surface area contributed by atoms with Crippen molar-refractivity contribution in [2.45, 2.75) is 75.9 Å². The number of carbonyl (C=O) groups excluding carboxylic acids is 3. The topological polar surface area (TPSA) is 129 Å². The van der Waals surface area contributed by atoms with E-state index < -0.39 is 42.2 Å². The van der Waals surface area contributed by atoms with Gasteiger partial charge in [0, 0.05) is 19.5 Å². The monoisotopic (exact) mass is 508 g/mol. The van der Waals surface area contributed by atoms with E-state index in [1.807, 2.05) is 30.3 Å². The van der Waals surface area contributed by atoms with E-state index in [1.54, 1.807) is 14.0 Å². The summed E-state index contributed by atoms with van der Waals surface area (Å²) in [5.74, 6) is -0.576. The van der Waals surface area contributed by atoms with E-state index >= 15 is 0 Å². The van der Waals surface area contributed by atoms with Gasteiger partial charge in [-0.1, -0.05) is 37.3 Å². The summed E-state index contributed by atoms with van der Waals surface area (Å²) < 4.78 is 28.9. The number of halogens is 2. The number of hydrazine groups is 1.